The fourth-order valence-corrected chi connectivity index (χ4v) is 5.98. The molecule has 0 aromatic heterocycles. The van der Waals surface area contributed by atoms with Crippen molar-refractivity contribution in [2.24, 2.45) is 4.36 Å². The fourth-order valence-electron chi connectivity index (χ4n) is 4.01. The number of hydrogen-bond acceptors (Lipinski definition) is 5. The summed E-state index contributed by atoms with van der Waals surface area (Å²) < 4.78 is 24.5. The molecule has 0 heterocycles. The molecule has 6 heteroatoms. The van der Waals surface area contributed by atoms with Gasteiger partial charge in [-0.2, -0.15) is 4.36 Å². The quantitative estimate of drug-likeness (QED) is 0.351. The van der Waals surface area contributed by atoms with Gasteiger partial charge in [-0.05, 0) is 36.4 Å². The summed E-state index contributed by atoms with van der Waals surface area (Å²) in [5.41, 5.74) is 1.06. The minimum Gasteiger partial charge on any atom is -0.496 e. The van der Waals surface area contributed by atoms with E-state index in [4.69, 9.17) is 4.74 Å². The van der Waals surface area contributed by atoms with Crippen molar-refractivity contribution in [2.75, 3.05) is 7.11 Å². The van der Waals surface area contributed by atoms with Gasteiger partial charge in [0.25, 0.3) is 0 Å². The Labute approximate surface area is 191 Å². The van der Waals surface area contributed by atoms with Gasteiger partial charge in [0.05, 0.1) is 33.7 Å². The molecule has 5 nitrogen and oxygen atoms in total. The summed E-state index contributed by atoms with van der Waals surface area (Å²) in [5.74, 6) is -0.386. The molecule has 0 saturated heterocycles. The minimum atomic E-state index is -3.15. The maximum absolute atomic E-state index is 14.4. The molecule has 0 aliphatic heterocycles. The monoisotopic (exact) mass is 453 g/mol. The highest BCUT2D eigenvalue weighted by Crippen LogP contribution is 2.40. The second-order valence-electron chi connectivity index (χ2n) is 7.48. The molecule has 0 amide bonds. The van der Waals surface area contributed by atoms with Crippen molar-refractivity contribution in [1.82, 2.24) is 0 Å². The van der Waals surface area contributed by atoms with Gasteiger partial charge < -0.3 is 4.74 Å². The van der Waals surface area contributed by atoms with E-state index in [1.165, 1.54) is 7.11 Å². The number of ether oxygens (including phenoxy) is 1. The van der Waals surface area contributed by atoms with E-state index in [9.17, 15) is 13.8 Å². The normalized spacial score (nSPS) is 12.6. The molecule has 0 atom stereocenters. The molecule has 4 aromatic carbocycles. The van der Waals surface area contributed by atoms with Crippen LogP contribution in [0.25, 0.3) is 0 Å². The summed E-state index contributed by atoms with van der Waals surface area (Å²) in [6, 6.07) is 27.7. The predicted octanol–water partition coefficient (Wildman–Crippen LogP) is 5.69. The summed E-state index contributed by atoms with van der Waals surface area (Å²) in [7, 11) is -1.70. The molecule has 0 radical (unpaired) electrons. The van der Waals surface area contributed by atoms with Crippen LogP contribution in [0.3, 0.4) is 0 Å². The Balaban J connectivity index is 1.85. The third kappa shape index (κ3) is 3.36. The van der Waals surface area contributed by atoms with Crippen LogP contribution in [0.2, 0.25) is 0 Å². The van der Waals surface area contributed by atoms with Crippen LogP contribution in [0.4, 0.5) is 5.69 Å². The average molecular weight is 454 g/mol. The highest BCUT2D eigenvalue weighted by Gasteiger charge is 2.35. The molecule has 0 fully saturated rings. The number of hydrogen-bond donors (Lipinski definition) is 0. The highest BCUT2D eigenvalue weighted by molar-refractivity contribution is 7.93. The molecule has 4 aromatic rings. The summed E-state index contributed by atoms with van der Waals surface area (Å²) in [6.45, 7) is 0. The van der Waals surface area contributed by atoms with Gasteiger partial charge in [-0.15, -0.1) is 0 Å². The zero-order chi connectivity index (χ0) is 23.0. The number of carbonyl (C=O) groups excluding carboxylic acids is 2. The van der Waals surface area contributed by atoms with Crippen molar-refractivity contribution in [3.8, 4) is 5.75 Å². The number of benzene rings is 4. The molecule has 0 bridgehead atoms. The third-order valence-electron chi connectivity index (χ3n) is 5.59. The van der Waals surface area contributed by atoms with Crippen molar-refractivity contribution in [2.45, 2.75) is 9.79 Å². The van der Waals surface area contributed by atoms with E-state index in [-0.39, 0.29) is 34.1 Å². The number of rotatable bonds is 4. The topological polar surface area (TPSA) is 72.8 Å². The lowest BCUT2D eigenvalue weighted by atomic mass is 9.83. The Hall–Kier alpha value is -4.03. The third-order valence-corrected chi connectivity index (χ3v) is 7.86. The Morgan fingerprint density at radius 1 is 0.636 bits per heavy atom. The molecule has 0 saturated carbocycles. The second kappa shape index (κ2) is 8.15. The zero-order valence-corrected chi connectivity index (χ0v) is 18.5. The summed E-state index contributed by atoms with van der Waals surface area (Å²) in [6.07, 6.45) is 0. The second-order valence-corrected chi connectivity index (χ2v) is 9.66. The molecule has 33 heavy (non-hydrogen) atoms. The lowest BCUT2D eigenvalue weighted by Gasteiger charge is -2.21. The number of carbonyl (C=O) groups is 2. The molecular weight excluding hydrogens is 434 g/mol. The van der Waals surface area contributed by atoms with Gasteiger partial charge in [-0.3, -0.25) is 9.59 Å². The lowest BCUT2D eigenvalue weighted by Crippen LogP contribution is -2.22. The van der Waals surface area contributed by atoms with Gasteiger partial charge in [0, 0.05) is 11.1 Å². The van der Waals surface area contributed by atoms with Crippen LogP contribution >= 0.6 is 0 Å². The van der Waals surface area contributed by atoms with E-state index in [0.29, 0.717) is 20.9 Å². The van der Waals surface area contributed by atoms with Gasteiger partial charge in [-0.25, -0.2) is 4.21 Å². The van der Waals surface area contributed by atoms with Crippen LogP contribution in [0.1, 0.15) is 31.8 Å². The first-order valence-corrected chi connectivity index (χ1v) is 11.8. The summed E-state index contributed by atoms with van der Waals surface area (Å²) in [5, 5.41) is 0. The molecule has 5 rings (SSSR count). The summed E-state index contributed by atoms with van der Waals surface area (Å²) in [4.78, 5) is 27.9. The van der Waals surface area contributed by atoms with E-state index in [1.807, 2.05) is 12.1 Å². The maximum Gasteiger partial charge on any atom is 0.198 e. The Morgan fingerprint density at radius 3 is 1.64 bits per heavy atom. The predicted molar refractivity (Wildman–Crippen MR) is 126 cm³/mol. The van der Waals surface area contributed by atoms with Crippen LogP contribution in [-0.4, -0.2) is 22.9 Å². The fraction of sp³-hybridized carbons (Fsp3) is 0.0370. The van der Waals surface area contributed by atoms with Gasteiger partial charge in [-0.1, -0.05) is 60.7 Å². The van der Waals surface area contributed by atoms with Crippen molar-refractivity contribution in [1.29, 1.82) is 0 Å². The molecule has 162 valence electrons. The van der Waals surface area contributed by atoms with Crippen molar-refractivity contribution in [3.05, 3.63) is 119 Å². The molecule has 0 N–H and O–H groups in total. The Bertz CT molecular complexity index is 1470. The molecule has 1 aliphatic rings. The van der Waals surface area contributed by atoms with Crippen LogP contribution < -0.4 is 4.74 Å². The molecular formula is C27H19NO4S. The van der Waals surface area contributed by atoms with Gasteiger partial charge >= 0.3 is 0 Å². The number of nitrogens with zero attached hydrogens (tertiary/aromatic N) is 1. The van der Waals surface area contributed by atoms with Gasteiger partial charge in [0.2, 0.25) is 0 Å². The van der Waals surface area contributed by atoms with Crippen LogP contribution in [0.15, 0.2) is 111 Å². The highest BCUT2D eigenvalue weighted by atomic mass is 32.2. The first-order chi connectivity index (χ1) is 16.0. The molecule has 1 aliphatic carbocycles. The first-order valence-electron chi connectivity index (χ1n) is 10.3. The van der Waals surface area contributed by atoms with E-state index >= 15 is 0 Å². The number of fused-ring (bicyclic) bond motifs is 2. The smallest absolute Gasteiger partial charge is 0.198 e. The summed E-state index contributed by atoms with van der Waals surface area (Å²) >= 11 is 0. The SMILES string of the molecule is COc1ccc(N=S(=O)(c2ccccc2)c2ccccc2)c2c1C(=O)c1ccccc1C2=O. The van der Waals surface area contributed by atoms with Crippen molar-refractivity contribution < 1.29 is 18.5 Å². The van der Waals surface area contributed by atoms with E-state index in [2.05, 4.69) is 4.36 Å². The van der Waals surface area contributed by atoms with Crippen molar-refractivity contribution in [3.63, 3.8) is 0 Å². The van der Waals surface area contributed by atoms with Crippen LogP contribution in [0, 0.1) is 0 Å². The Kier molecular flexibility index (Phi) is 5.15. The van der Waals surface area contributed by atoms with E-state index in [1.54, 1.807) is 84.9 Å². The van der Waals surface area contributed by atoms with Crippen molar-refractivity contribution >= 4 is 27.0 Å². The standard InChI is InChI=1S/C27H19NO4S/c1-32-23-17-16-22(24-25(23)27(30)21-15-9-8-14-20(21)26(24)29)28-33(31,18-10-4-2-5-11-18)19-12-6-3-7-13-19/h2-17H,1H3. The first kappa shape index (κ1) is 20.8. The van der Waals surface area contributed by atoms with Crippen LogP contribution in [0.5, 0.6) is 5.75 Å². The lowest BCUT2D eigenvalue weighted by molar-refractivity contribution is 0.0977. The van der Waals surface area contributed by atoms with Gasteiger partial charge in [0.1, 0.15) is 15.5 Å². The van der Waals surface area contributed by atoms with Gasteiger partial charge in [0.15, 0.2) is 11.6 Å². The average Bonchev–Trinajstić information content (AvgIpc) is 2.88. The molecule has 0 unspecified atom stereocenters. The number of ketones is 2. The van der Waals surface area contributed by atoms with E-state index in [0.717, 1.165) is 0 Å². The van der Waals surface area contributed by atoms with Crippen LogP contribution in [-0.2, 0) is 9.73 Å². The Morgan fingerprint density at radius 2 is 1.12 bits per heavy atom. The maximum atomic E-state index is 14.4. The largest absolute Gasteiger partial charge is 0.496 e. The minimum absolute atomic E-state index is 0.109. The molecule has 0 spiro atoms. The number of methoxy groups -OCH3 is 1. The van der Waals surface area contributed by atoms with E-state index < -0.39 is 9.73 Å². The zero-order valence-electron chi connectivity index (χ0n) is 17.7.